The third kappa shape index (κ3) is 2.66. The van der Waals surface area contributed by atoms with Gasteiger partial charge in [0.1, 0.15) is 0 Å². The summed E-state index contributed by atoms with van der Waals surface area (Å²) in [6, 6.07) is 0. The monoisotopic (exact) mass is 198 g/mol. The van der Waals surface area contributed by atoms with Crippen LogP contribution in [0.1, 0.15) is 19.8 Å². The average Bonchev–Trinajstić information content (AvgIpc) is 2.59. The Morgan fingerprint density at radius 2 is 2.21 bits per heavy atom. The maximum Gasteiger partial charge on any atom is 0.245 e. The number of tetrazole rings is 1. The lowest BCUT2D eigenvalue weighted by molar-refractivity contribution is 0.656. The number of rotatable bonds is 6. The van der Waals surface area contributed by atoms with E-state index in [1.165, 1.54) is 0 Å². The minimum absolute atomic E-state index is 0.700. The number of nitrogens with zero attached hydrogens (tertiary/aromatic N) is 5. The molecule has 0 aliphatic heterocycles. The molecule has 2 N–H and O–H groups in total. The molecule has 0 aromatic carbocycles. The van der Waals surface area contributed by atoms with Gasteiger partial charge in [0.15, 0.2) is 0 Å². The molecular formula is C8H18N6. The molecule has 80 valence electrons. The molecule has 1 rings (SSSR count). The summed E-state index contributed by atoms with van der Waals surface area (Å²) < 4.78 is 1.69. The highest BCUT2D eigenvalue weighted by molar-refractivity contribution is 5.26. The van der Waals surface area contributed by atoms with Crippen molar-refractivity contribution in [2.24, 2.45) is 12.8 Å². The predicted octanol–water partition coefficient (Wildman–Crippen LogP) is -0.225. The van der Waals surface area contributed by atoms with Gasteiger partial charge in [-0.05, 0) is 29.8 Å². The predicted molar refractivity (Wildman–Crippen MR) is 55.0 cm³/mol. The van der Waals surface area contributed by atoms with Crippen LogP contribution < -0.4 is 10.6 Å². The van der Waals surface area contributed by atoms with E-state index in [9.17, 15) is 0 Å². The highest BCUT2D eigenvalue weighted by atomic mass is 15.6. The quantitative estimate of drug-likeness (QED) is 0.684. The molecule has 0 amide bonds. The van der Waals surface area contributed by atoms with E-state index < -0.39 is 0 Å². The molecule has 0 saturated carbocycles. The van der Waals surface area contributed by atoms with Gasteiger partial charge in [0, 0.05) is 20.1 Å². The summed E-state index contributed by atoms with van der Waals surface area (Å²) in [6.45, 7) is 4.72. The van der Waals surface area contributed by atoms with E-state index in [2.05, 4.69) is 27.3 Å². The minimum Gasteiger partial charge on any atom is -0.340 e. The van der Waals surface area contributed by atoms with Crippen LogP contribution in [0.4, 0.5) is 5.95 Å². The second-order valence-electron chi connectivity index (χ2n) is 3.23. The Kier molecular flexibility index (Phi) is 4.31. The van der Waals surface area contributed by atoms with Crippen molar-refractivity contribution >= 4 is 5.95 Å². The van der Waals surface area contributed by atoms with E-state index in [0.29, 0.717) is 6.54 Å². The van der Waals surface area contributed by atoms with Crippen molar-refractivity contribution in [2.45, 2.75) is 19.8 Å². The molecule has 1 heterocycles. The topological polar surface area (TPSA) is 72.9 Å². The van der Waals surface area contributed by atoms with Gasteiger partial charge in [-0.1, -0.05) is 12.0 Å². The summed E-state index contributed by atoms with van der Waals surface area (Å²) in [5, 5.41) is 11.4. The Morgan fingerprint density at radius 3 is 2.71 bits per heavy atom. The lowest BCUT2D eigenvalue weighted by atomic mass is 10.3. The van der Waals surface area contributed by atoms with Gasteiger partial charge in [0.05, 0.1) is 0 Å². The van der Waals surface area contributed by atoms with Gasteiger partial charge >= 0.3 is 0 Å². The van der Waals surface area contributed by atoms with Crippen molar-refractivity contribution in [3.63, 3.8) is 0 Å². The van der Waals surface area contributed by atoms with E-state index in [4.69, 9.17) is 5.73 Å². The van der Waals surface area contributed by atoms with E-state index >= 15 is 0 Å². The van der Waals surface area contributed by atoms with Crippen LogP contribution in [0.2, 0.25) is 0 Å². The maximum absolute atomic E-state index is 5.48. The van der Waals surface area contributed by atoms with Crippen molar-refractivity contribution in [3.8, 4) is 0 Å². The molecule has 6 nitrogen and oxygen atoms in total. The molecular weight excluding hydrogens is 180 g/mol. The van der Waals surface area contributed by atoms with E-state index in [1.54, 1.807) is 4.68 Å². The van der Waals surface area contributed by atoms with Crippen LogP contribution in [0.5, 0.6) is 0 Å². The molecule has 0 radical (unpaired) electrons. The third-order valence-corrected chi connectivity index (χ3v) is 2.01. The Bertz CT molecular complexity index is 258. The summed E-state index contributed by atoms with van der Waals surface area (Å²) in [6.07, 6.45) is 2.05. The number of hydrogen-bond acceptors (Lipinski definition) is 5. The summed E-state index contributed by atoms with van der Waals surface area (Å²) in [5.41, 5.74) is 5.48. The lowest BCUT2D eigenvalue weighted by Gasteiger charge is -2.20. The van der Waals surface area contributed by atoms with Crippen LogP contribution in [0.25, 0.3) is 0 Å². The highest BCUT2D eigenvalue weighted by Crippen LogP contribution is 2.07. The Morgan fingerprint density at radius 1 is 1.43 bits per heavy atom. The maximum atomic E-state index is 5.48. The van der Waals surface area contributed by atoms with Gasteiger partial charge in [0.25, 0.3) is 0 Å². The number of nitrogens with two attached hydrogens (primary N) is 1. The smallest absolute Gasteiger partial charge is 0.245 e. The van der Waals surface area contributed by atoms with Gasteiger partial charge in [0.2, 0.25) is 5.95 Å². The zero-order chi connectivity index (χ0) is 10.4. The van der Waals surface area contributed by atoms with Crippen molar-refractivity contribution in [1.82, 2.24) is 20.2 Å². The van der Waals surface area contributed by atoms with Crippen LogP contribution in [0.3, 0.4) is 0 Å². The molecule has 0 atom stereocenters. The number of hydrogen-bond donors (Lipinski definition) is 1. The first-order valence-electron chi connectivity index (χ1n) is 4.97. The second kappa shape index (κ2) is 5.54. The van der Waals surface area contributed by atoms with Crippen molar-refractivity contribution in [3.05, 3.63) is 0 Å². The van der Waals surface area contributed by atoms with E-state index in [1.807, 2.05) is 7.05 Å². The lowest BCUT2D eigenvalue weighted by Crippen LogP contribution is -2.29. The van der Waals surface area contributed by atoms with E-state index in [0.717, 1.165) is 31.9 Å². The molecule has 0 bridgehead atoms. The molecule has 1 aromatic rings. The van der Waals surface area contributed by atoms with Crippen molar-refractivity contribution in [1.29, 1.82) is 0 Å². The molecule has 0 saturated heterocycles. The zero-order valence-corrected chi connectivity index (χ0v) is 8.85. The first-order valence-corrected chi connectivity index (χ1v) is 4.97. The molecule has 0 aliphatic carbocycles. The fourth-order valence-corrected chi connectivity index (χ4v) is 1.36. The first kappa shape index (κ1) is 10.9. The van der Waals surface area contributed by atoms with E-state index in [-0.39, 0.29) is 0 Å². The zero-order valence-electron chi connectivity index (χ0n) is 8.85. The summed E-state index contributed by atoms with van der Waals surface area (Å²) in [7, 11) is 1.85. The average molecular weight is 198 g/mol. The van der Waals surface area contributed by atoms with Gasteiger partial charge in [-0.3, -0.25) is 0 Å². The molecule has 6 heteroatoms. The molecule has 0 aliphatic rings. The third-order valence-electron chi connectivity index (χ3n) is 2.01. The van der Waals surface area contributed by atoms with Crippen molar-refractivity contribution < 1.29 is 0 Å². The molecule has 0 spiro atoms. The highest BCUT2D eigenvalue weighted by Gasteiger charge is 2.10. The van der Waals surface area contributed by atoms with Crippen LogP contribution in [0, 0.1) is 0 Å². The first-order chi connectivity index (χ1) is 6.79. The standard InChI is InChI=1S/C8H18N6/c1-3-6-14(7-4-5-9)8-10-11-12-13(8)2/h3-7,9H2,1-2H3. The Balaban J connectivity index is 2.62. The van der Waals surface area contributed by atoms with Crippen molar-refractivity contribution in [2.75, 3.05) is 24.5 Å². The minimum atomic E-state index is 0.700. The number of aryl methyl sites for hydroxylation is 1. The fourth-order valence-electron chi connectivity index (χ4n) is 1.36. The normalized spacial score (nSPS) is 10.5. The fraction of sp³-hybridized carbons (Fsp3) is 0.875. The summed E-state index contributed by atoms with van der Waals surface area (Å²) in [5.74, 6) is 0.820. The summed E-state index contributed by atoms with van der Waals surface area (Å²) in [4.78, 5) is 2.16. The number of anilines is 1. The molecule has 14 heavy (non-hydrogen) atoms. The van der Waals surface area contributed by atoms with Crippen LogP contribution in [-0.4, -0.2) is 39.8 Å². The molecule has 0 fully saturated rings. The Labute approximate surface area is 84.1 Å². The second-order valence-corrected chi connectivity index (χ2v) is 3.23. The van der Waals surface area contributed by atoms with Crippen LogP contribution in [0.15, 0.2) is 0 Å². The van der Waals surface area contributed by atoms with Gasteiger partial charge in [-0.2, -0.15) is 0 Å². The van der Waals surface area contributed by atoms with Crippen LogP contribution in [-0.2, 0) is 7.05 Å². The van der Waals surface area contributed by atoms with Gasteiger partial charge in [-0.25, -0.2) is 4.68 Å². The number of aromatic nitrogens is 4. The molecule has 1 aromatic heterocycles. The van der Waals surface area contributed by atoms with Crippen LogP contribution >= 0.6 is 0 Å². The van der Waals surface area contributed by atoms with Gasteiger partial charge in [-0.15, -0.1) is 0 Å². The SMILES string of the molecule is CCCN(CCCN)c1nnnn1C. The Hall–Kier alpha value is -1.17. The molecule has 0 unspecified atom stereocenters. The largest absolute Gasteiger partial charge is 0.340 e. The summed E-state index contributed by atoms with van der Waals surface area (Å²) >= 11 is 0. The van der Waals surface area contributed by atoms with Gasteiger partial charge < -0.3 is 10.6 Å².